The summed E-state index contributed by atoms with van der Waals surface area (Å²) in [6, 6.07) is 3.62. The van der Waals surface area contributed by atoms with Crippen LogP contribution in [0.2, 0.25) is 5.15 Å². The van der Waals surface area contributed by atoms with E-state index in [1.54, 1.807) is 17.2 Å². The zero-order chi connectivity index (χ0) is 10.7. The standard InChI is InChI=1S/C10H11ClN2O2/c11-9-5-8(1-2-12-9)6-13-3-4-15-7-10(13)14/h1-2,5H,3-4,6-7H2. The Balaban J connectivity index is 2.04. The maximum Gasteiger partial charge on any atom is 0.248 e. The number of carbonyl (C=O) groups is 1. The van der Waals surface area contributed by atoms with Gasteiger partial charge in [-0.2, -0.15) is 0 Å². The van der Waals surface area contributed by atoms with Crippen molar-refractivity contribution in [2.24, 2.45) is 0 Å². The largest absolute Gasteiger partial charge is 0.370 e. The average Bonchev–Trinajstić information content (AvgIpc) is 2.22. The molecule has 0 aliphatic carbocycles. The number of carbonyl (C=O) groups excluding carboxylic acids is 1. The predicted molar refractivity (Wildman–Crippen MR) is 55.5 cm³/mol. The van der Waals surface area contributed by atoms with Crippen LogP contribution < -0.4 is 0 Å². The highest BCUT2D eigenvalue weighted by Gasteiger charge is 2.18. The fourth-order valence-electron chi connectivity index (χ4n) is 1.48. The molecule has 0 atom stereocenters. The Labute approximate surface area is 92.8 Å². The maximum absolute atomic E-state index is 11.4. The minimum Gasteiger partial charge on any atom is -0.370 e. The van der Waals surface area contributed by atoms with Gasteiger partial charge in [0.15, 0.2) is 0 Å². The van der Waals surface area contributed by atoms with E-state index in [1.807, 2.05) is 6.07 Å². The molecule has 0 bridgehead atoms. The number of rotatable bonds is 2. The van der Waals surface area contributed by atoms with Gasteiger partial charge in [0.05, 0.1) is 6.61 Å². The van der Waals surface area contributed by atoms with Gasteiger partial charge in [-0.15, -0.1) is 0 Å². The van der Waals surface area contributed by atoms with E-state index < -0.39 is 0 Å². The van der Waals surface area contributed by atoms with Gasteiger partial charge in [-0.05, 0) is 17.7 Å². The summed E-state index contributed by atoms with van der Waals surface area (Å²) in [6.45, 7) is 1.99. The molecule has 1 aromatic heterocycles. The van der Waals surface area contributed by atoms with E-state index in [4.69, 9.17) is 16.3 Å². The molecule has 1 amide bonds. The van der Waals surface area contributed by atoms with E-state index in [0.29, 0.717) is 24.8 Å². The first kappa shape index (κ1) is 10.4. The van der Waals surface area contributed by atoms with Gasteiger partial charge in [0, 0.05) is 19.3 Å². The number of morpholine rings is 1. The molecule has 5 heteroatoms. The number of amides is 1. The van der Waals surface area contributed by atoms with Gasteiger partial charge < -0.3 is 9.64 Å². The Bertz CT molecular complexity index is 370. The fraction of sp³-hybridized carbons (Fsp3) is 0.400. The van der Waals surface area contributed by atoms with Crippen LogP contribution in [0.1, 0.15) is 5.56 Å². The molecule has 4 nitrogen and oxygen atoms in total. The van der Waals surface area contributed by atoms with Gasteiger partial charge in [-0.1, -0.05) is 11.6 Å². The van der Waals surface area contributed by atoms with Gasteiger partial charge in [0.2, 0.25) is 5.91 Å². The van der Waals surface area contributed by atoms with Crippen molar-refractivity contribution >= 4 is 17.5 Å². The Morgan fingerprint density at radius 1 is 1.60 bits per heavy atom. The van der Waals surface area contributed by atoms with E-state index in [9.17, 15) is 4.79 Å². The molecule has 0 N–H and O–H groups in total. The smallest absolute Gasteiger partial charge is 0.248 e. The van der Waals surface area contributed by atoms with Crippen molar-refractivity contribution in [2.45, 2.75) is 6.54 Å². The molecule has 1 aliphatic rings. The summed E-state index contributed by atoms with van der Waals surface area (Å²) in [6.07, 6.45) is 1.64. The zero-order valence-corrected chi connectivity index (χ0v) is 8.91. The first-order valence-corrected chi connectivity index (χ1v) is 5.09. The Morgan fingerprint density at radius 3 is 3.20 bits per heavy atom. The highest BCUT2D eigenvalue weighted by molar-refractivity contribution is 6.29. The molecule has 0 aromatic carbocycles. The van der Waals surface area contributed by atoms with Gasteiger partial charge >= 0.3 is 0 Å². The number of aromatic nitrogens is 1. The summed E-state index contributed by atoms with van der Waals surface area (Å²) in [5, 5.41) is 0.452. The third kappa shape index (κ3) is 2.67. The normalized spacial score (nSPS) is 16.9. The second-order valence-corrected chi connectivity index (χ2v) is 3.74. The molecule has 0 unspecified atom stereocenters. The van der Waals surface area contributed by atoms with E-state index in [1.165, 1.54) is 0 Å². The molecular formula is C10H11ClN2O2. The Kier molecular flexibility index (Phi) is 3.18. The quantitative estimate of drug-likeness (QED) is 0.709. The second kappa shape index (κ2) is 4.59. The molecule has 1 aromatic rings. The Morgan fingerprint density at radius 2 is 2.47 bits per heavy atom. The minimum absolute atomic E-state index is 0.0224. The lowest BCUT2D eigenvalue weighted by Crippen LogP contribution is -2.40. The third-order valence-corrected chi connectivity index (χ3v) is 2.45. The van der Waals surface area contributed by atoms with Gasteiger partial charge in [0.25, 0.3) is 0 Å². The molecule has 1 aliphatic heterocycles. The van der Waals surface area contributed by atoms with Crippen LogP contribution in [0.25, 0.3) is 0 Å². The highest BCUT2D eigenvalue weighted by Crippen LogP contribution is 2.11. The van der Waals surface area contributed by atoms with Crippen molar-refractivity contribution in [3.8, 4) is 0 Å². The molecule has 0 saturated carbocycles. The van der Waals surface area contributed by atoms with Crippen LogP contribution in [0.15, 0.2) is 18.3 Å². The van der Waals surface area contributed by atoms with E-state index in [-0.39, 0.29) is 12.5 Å². The molecule has 2 rings (SSSR count). The lowest BCUT2D eigenvalue weighted by atomic mass is 10.2. The van der Waals surface area contributed by atoms with Crippen molar-refractivity contribution in [3.05, 3.63) is 29.0 Å². The molecule has 1 fully saturated rings. The van der Waals surface area contributed by atoms with Crippen LogP contribution >= 0.6 is 11.6 Å². The monoisotopic (exact) mass is 226 g/mol. The summed E-state index contributed by atoms with van der Waals surface area (Å²) >= 11 is 5.76. The fourth-order valence-corrected chi connectivity index (χ4v) is 1.68. The average molecular weight is 227 g/mol. The van der Waals surface area contributed by atoms with Gasteiger partial charge in [-0.3, -0.25) is 4.79 Å². The second-order valence-electron chi connectivity index (χ2n) is 3.35. The number of ether oxygens (including phenoxy) is 1. The highest BCUT2D eigenvalue weighted by atomic mass is 35.5. The van der Waals surface area contributed by atoms with Gasteiger partial charge in [0.1, 0.15) is 11.8 Å². The van der Waals surface area contributed by atoms with Crippen LogP contribution in [-0.4, -0.2) is 35.5 Å². The van der Waals surface area contributed by atoms with Crippen molar-refractivity contribution in [1.29, 1.82) is 0 Å². The molecule has 0 spiro atoms. The summed E-state index contributed by atoms with van der Waals surface area (Å²) in [5.74, 6) is 0.0224. The molecule has 0 radical (unpaired) electrons. The van der Waals surface area contributed by atoms with Crippen molar-refractivity contribution < 1.29 is 9.53 Å². The summed E-state index contributed by atoms with van der Waals surface area (Å²) in [5.41, 5.74) is 0.991. The number of hydrogen-bond acceptors (Lipinski definition) is 3. The van der Waals surface area contributed by atoms with Crippen LogP contribution in [0, 0.1) is 0 Å². The molecular weight excluding hydrogens is 216 g/mol. The zero-order valence-electron chi connectivity index (χ0n) is 8.15. The summed E-state index contributed by atoms with van der Waals surface area (Å²) < 4.78 is 5.04. The minimum atomic E-state index is 0.0224. The van der Waals surface area contributed by atoms with Crippen molar-refractivity contribution in [3.63, 3.8) is 0 Å². The maximum atomic E-state index is 11.4. The first-order chi connectivity index (χ1) is 7.25. The Hall–Kier alpha value is -1.13. The van der Waals surface area contributed by atoms with Gasteiger partial charge in [-0.25, -0.2) is 4.98 Å². The molecule has 1 saturated heterocycles. The van der Waals surface area contributed by atoms with E-state index >= 15 is 0 Å². The van der Waals surface area contributed by atoms with Crippen LogP contribution in [0.4, 0.5) is 0 Å². The molecule has 2 heterocycles. The van der Waals surface area contributed by atoms with Crippen LogP contribution in [0.5, 0.6) is 0 Å². The third-order valence-electron chi connectivity index (χ3n) is 2.25. The lowest BCUT2D eigenvalue weighted by molar-refractivity contribution is -0.143. The summed E-state index contributed by atoms with van der Waals surface area (Å²) in [7, 11) is 0. The van der Waals surface area contributed by atoms with Crippen molar-refractivity contribution in [1.82, 2.24) is 9.88 Å². The number of pyridine rings is 1. The predicted octanol–water partition coefficient (Wildman–Crippen LogP) is 1.09. The topological polar surface area (TPSA) is 42.4 Å². The number of hydrogen-bond donors (Lipinski definition) is 0. The first-order valence-electron chi connectivity index (χ1n) is 4.71. The number of halogens is 1. The SMILES string of the molecule is O=C1COCCN1Cc1ccnc(Cl)c1. The van der Waals surface area contributed by atoms with E-state index in [0.717, 1.165) is 5.56 Å². The lowest BCUT2D eigenvalue weighted by Gasteiger charge is -2.26. The van der Waals surface area contributed by atoms with Crippen LogP contribution in [0.3, 0.4) is 0 Å². The summed E-state index contributed by atoms with van der Waals surface area (Å²) in [4.78, 5) is 17.1. The van der Waals surface area contributed by atoms with Crippen molar-refractivity contribution in [2.75, 3.05) is 19.8 Å². The molecule has 15 heavy (non-hydrogen) atoms. The number of nitrogens with zero attached hydrogens (tertiary/aromatic N) is 2. The molecule has 80 valence electrons. The van der Waals surface area contributed by atoms with Crippen LogP contribution in [-0.2, 0) is 16.1 Å². The van der Waals surface area contributed by atoms with E-state index in [2.05, 4.69) is 4.98 Å².